The zero-order valence-electron chi connectivity index (χ0n) is 11.3. The van der Waals surface area contributed by atoms with E-state index in [0.29, 0.717) is 11.1 Å². The molecule has 3 N–H and O–H groups in total. The molecule has 0 aromatic heterocycles. The van der Waals surface area contributed by atoms with Gasteiger partial charge in [0, 0.05) is 5.56 Å². The topological polar surface area (TPSA) is 87.0 Å². The molecule has 0 spiro atoms. The number of carbonyl (C=O) groups is 1. The maximum Gasteiger partial charge on any atom is 0.341 e. The van der Waals surface area contributed by atoms with Crippen molar-refractivity contribution < 1.29 is 24.9 Å². The van der Waals surface area contributed by atoms with Crippen LogP contribution in [0.25, 0.3) is 12.2 Å². The summed E-state index contributed by atoms with van der Waals surface area (Å²) in [5.74, 6) is -0.742. The van der Waals surface area contributed by atoms with Crippen LogP contribution >= 0.6 is 0 Å². The molecule has 21 heavy (non-hydrogen) atoms. The molecule has 2 rings (SSSR count). The summed E-state index contributed by atoms with van der Waals surface area (Å²) in [6, 6.07) is 8.65. The van der Waals surface area contributed by atoms with Gasteiger partial charge in [-0.25, -0.2) is 4.79 Å². The second kappa shape index (κ2) is 6.00. The van der Waals surface area contributed by atoms with Crippen molar-refractivity contribution in [3.63, 3.8) is 0 Å². The molecule has 108 valence electrons. The molecule has 0 saturated carbocycles. The molecule has 5 nitrogen and oxygen atoms in total. The minimum Gasteiger partial charge on any atom is -0.508 e. The lowest BCUT2D eigenvalue weighted by molar-refractivity contribution is 0.0597. The van der Waals surface area contributed by atoms with Crippen LogP contribution in [0.4, 0.5) is 0 Å². The van der Waals surface area contributed by atoms with Crippen molar-refractivity contribution in [1.82, 2.24) is 0 Å². The highest BCUT2D eigenvalue weighted by atomic mass is 16.5. The van der Waals surface area contributed by atoms with Gasteiger partial charge in [-0.1, -0.05) is 18.2 Å². The summed E-state index contributed by atoms with van der Waals surface area (Å²) in [5.41, 5.74) is 1.14. The summed E-state index contributed by atoms with van der Waals surface area (Å²) in [6.45, 7) is 0. The SMILES string of the molecule is COC(=O)c1ccc(C=Cc2cc(O)ccc2O)cc1O. The molecule has 0 bridgehead atoms. The zero-order valence-corrected chi connectivity index (χ0v) is 11.3. The van der Waals surface area contributed by atoms with Gasteiger partial charge < -0.3 is 20.1 Å². The molecule has 0 aliphatic carbocycles. The lowest BCUT2D eigenvalue weighted by Crippen LogP contribution is -2.01. The van der Waals surface area contributed by atoms with Gasteiger partial charge in [0.25, 0.3) is 0 Å². The molecule has 5 heteroatoms. The highest BCUT2D eigenvalue weighted by molar-refractivity contribution is 5.92. The zero-order chi connectivity index (χ0) is 15.4. The van der Waals surface area contributed by atoms with Crippen molar-refractivity contribution in [3.8, 4) is 17.2 Å². The Balaban J connectivity index is 2.28. The van der Waals surface area contributed by atoms with Crippen LogP contribution in [-0.4, -0.2) is 28.4 Å². The summed E-state index contributed by atoms with van der Waals surface area (Å²) in [4.78, 5) is 11.3. The van der Waals surface area contributed by atoms with E-state index in [2.05, 4.69) is 4.74 Å². The number of hydrogen-bond donors (Lipinski definition) is 3. The van der Waals surface area contributed by atoms with Gasteiger partial charge in [0.1, 0.15) is 22.8 Å². The van der Waals surface area contributed by atoms with Gasteiger partial charge >= 0.3 is 5.97 Å². The number of benzene rings is 2. The van der Waals surface area contributed by atoms with Crippen molar-refractivity contribution in [1.29, 1.82) is 0 Å². The van der Waals surface area contributed by atoms with E-state index in [1.165, 1.54) is 37.4 Å². The van der Waals surface area contributed by atoms with Crippen LogP contribution in [0, 0.1) is 0 Å². The Labute approximate surface area is 121 Å². The van der Waals surface area contributed by atoms with Gasteiger partial charge in [-0.15, -0.1) is 0 Å². The fourth-order valence-electron chi connectivity index (χ4n) is 1.80. The predicted octanol–water partition coefficient (Wildman–Crippen LogP) is 2.76. The van der Waals surface area contributed by atoms with Crippen molar-refractivity contribution in [3.05, 3.63) is 53.1 Å². The molecule has 2 aromatic rings. The first-order chi connectivity index (χ1) is 10.0. The summed E-state index contributed by atoms with van der Waals surface area (Å²) >= 11 is 0. The number of ether oxygens (including phenoxy) is 1. The number of phenolic OH excluding ortho intramolecular Hbond substituents is 3. The number of hydrogen-bond acceptors (Lipinski definition) is 5. The summed E-state index contributed by atoms with van der Waals surface area (Å²) in [5, 5.41) is 28.8. The number of methoxy groups -OCH3 is 1. The number of phenols is 3. The highest BCUT2D eigenvalue weighted by Gasteiger charge is 2.10. The summed E-state index contributed by atoms with van der Waals surface area (Å²) in [6.07, 6.45) is 3.22. The maximum absolute atomic E-state index is 11.3. The van der Waals surface area contributed by atoms with Crippen LogP contribution in [-0.2, 0) is 4.74 Å². The van der Waals surface area contributed by atoms with E-state index in [9.17, 15) is 20.1 Å². The van der Waals surface area contributed by atoms with Crippen LogP contribution in [0.2, 0.25) is 0 Å². The molecular formula is C16H14O5. The van der Waals surface area contributed by atoms with E-state index in [4.69, 9.17) is 0 Å². The molecule has 0 radical (unpaired) electrons. The molecule has 0 aliphatic rings. The summed E-state index contributed by atoms with van der Waals surface area (Å²) in [7, 11) is 1.24. The van der Waals surface area contributed by atoms with Gasteiger partial charge in [0.05, 0.1) is 7.11 Å². The van der Waals surface area contributed by atoms with Gasteiger partial charge in [-0.05, 0) is 35.9 Å². The van der Waals surface area contributed by atoms with E-state index < -0.39 is 5.97 Å². The van der Waals surface area contributed by atoms with Crippen LogP contribution in [0.3, 0.4) is 0 Å². The molecule has 0 unspecified atom stereocenters. The standard InChI is InChI=1S/C16H14O5/c1-21-16(20)13-6-3-10(8-15(13)19)2-4-11-9-12(17)5-7-14(11)18/h2-9,17-19H,1H3. The second-order valence-electron chi connectivity index (χ2n) is 4.34. The number of aromatic hydroxyl groups is 3. The van der Waals surface area contributed by atoms with Crippen molar-refractivity contribution in [2.45, 2.75) is 0 Å². The Morgan fingerprint density at radius 3 is 2.43 bits per heavy atom. The van der Waals surface area contributed by atoms with Crippen LogP contribution < -0.4 is 0 Å². The van der Waals surface area contributed by atoms with Crippen LogP contribution in [0.5, 0.6) is 17.2 Å². The molecule has 0 amide bonds. The average molecular weight is 286 g/mol. The Morgan fingerprint density at radius 2 is 1.76 bits per heavy atom. The van der Waals surface area contributed by atoms with E-state index >= 15 is 0 Å². The van der Waals surface area contributed by atoms with Crippen LogP contribution in [0.15, 0.2) is 36.4 Å². The van der Waals surface area contributed by atoms with Crippen molar-refractivity contribution in [2.24, 2.45) is 0 Å². The Kier molecular flexibility index (Phi) is 4.13. The largest absolute Gasteiger partial charge is 0.508 e. The first kappa shape index (κ1) is 14.5. The van der Waals surface area contributed by atoms with Crippen molar-refractivity contribution >= 4 is 18.1 Å². The number of carbonyl (C=O) groups excluding carboxylic acids is 1. The van der Waals surface area contributed by atoms with E-state index in [-0.39, 0.29) is 22.8 Å². The molecule has 2 aromatic carbocycles. The van der Waals surface area contributed by atoms with E-state index in [0.717, 1.165) is 0 Å². The maximum atomic E-state index is 11.3. The second-order valence-corrected chi connectivity index (χ2v) is 4.34. The fraction of sp³-hybridized carbons (Fsp3) is 0.0625. The quantitative estimate of drug-likeness (QED) is 0.459. The van der Waals surface area contributed by atoms with Gasteiger partial charge in [0.2, 0.25) is 0 Å². The van der Waals surface area contributed by atoms with E-state index in [1.807, 2.05) is 0 Å². The minimum absolute atomic E-state index is 0.0273. The minimum atomic E-state index is -0.617. The van der Waals surface area contributed by atoms with Gasteiger partial charge in [0.15, 0.2) is 0 Å². The number of rotatable bonds is 3. The Hall–Kier alpha value is -2.95. The van der Waals surface area contributed by atoms with Crippen LogP contribution in [0.1, 0.15) is 21.5 Å². The normalized spacial score (nSPS) is 10.7. The molecule has 0 atom stereocenters. The highest BCUT2D eigenvalue weighted by Crippen LogP contribution is 2.25. The van der Waals surface area contributed by atoms with E-state index in [1.54, 1.807) is 18.2 Å². The third kappa shape index (κ3) is 3.33. The molecule has 0 heterocycles. The monoisotopic (exact) mass is 286 g/mol. The van der Waals surface area contributed by atoms with Gasteiger partial charge in [-0.3, -0.25) is 0 Å². The lowest BCUT2D eigenvalue weighted by Gasteiger charge is -2.04. The summed E-state index contributed by atoms with van der Waals surface area (Å²) < 4.78 is 4.54. The smallest absolute Gasteiger partial charge is 0.341 e. The first-order valence-electron chi connectivity index (χ1n) is 6.12. The average Bonchev–Trinajstić information content (AvgIpc) is 2.47. The Bertz CT molecular complexity index is 704. The fourth-order valence-corrected chi connectivity index (χ4v) is 1.80. The lowest BCUT2D eigenvalue weighted by atomic mass is 10.1. The first-order valence-corrected chi connectivity index (χ1v) is 6.12. The molecular weight excluding hydrogens is 272 g/mol. The molecule has 0 aliphatic heterocycles. The third-order valence-corrected chi connectivity index (χ3v) is 2.89. The molecule has 0 saturated heterocycles. The molecule has 0 fully saturated rings. The third-order valence-electron chi connectivity index (χ3n) is 2.89. The Morgan fingerprint density at radius 1 is 1.00 bits per heavy atom. The van der Waals surface area contributed by atoms with Crippen molar-refractivity contribution in [2.75, 3.05) is 7.11 Å². The predicted molar refractivity (Wildman–Crippen MR) is 78.1 cm³/mol. The number of esters is 1. The van der Waals surface area contributed by atoms with Gasteiger partial charge in [-0.2, -0.15) is 0 Å².